The highest BCUT2D eigenvalue weighted by molar-refractivity contribution is 7.80. The molecule has 3 N–H and O–H groups in total. The van der Waals surface area contributed by atoms with Crippen molar-refractivity contribution in [3.8, 4) is 0 Å². The minimum Gasteiger partial charge on any atom is -0.393 e. The molecule has 0 aromatic carbocycles. The van der Waals surface area contributed by atoms with E-state index >= 15 is 0 Å². The second kappa shape index (κ2) is 5.55. The molecule has 1 unspecified atom stereocenters. The van der Waals surface area contributed by atoms with Crippen LogP contribution in [0.4, 0.5) is 0 Å². The second-order valence-corrected chi connectivity index (χ2v) is 6.68. The summed E-state index contributed by atoms with van der Waals surface area (Å²) >= 11 is 4.99. The van der Waals surface area contributed by atoms with E-state index < -0.39 is 0 Å². The quantitative estimate of drug-likeness (QED) is 0.695. The number of nitrogens with two attached hydrogens (primary N) is 1. The molecule has 0 aliphatic heterocycles. The fraction of sp³-hybridized carbons (Fsp3) is 0.857. The minimum atomic E-state index is -0.320. The van der Waals surface area contributed by atoms with E-state index in [1.165, 1.54) is 25.7 Å². The van der Waals surface area contributed by atoms with Crippen molar-refractivity contribution in [3.05, 3.63) is 0 Å². The molecule has 0 radical (unpaired) electrons. The fourth-order valence-electron chi connectivity index (χ4n) is 2.86. The van der Waals surface area contributed by atoms with Crippen LogP contribution in [0, 0.1) is 29.6 Å². The van der Waals surface area contributed by atoms with Gasteiger partial charge >= 0.3 is 0 Å². The van der Waals surface area contributed by atoms with Gasteiger partial charge in [0.1, 0.15) is 0 Å². The lowest BCUT2D eigenvalue weighted by Crippen LogP contribution is -2.42. The van der Waals surface area contributed by atoms with E-state index in [2.05, 4.69) is 5.32 Å². The molecule has 0 aromatic rings. The van der Waals surface area contributed by atoms with E-state index in [0.29, 0.717) is 10.9 Å². The van der Waals surface area contributed by atoms with Crippen LogP contribution in [0.15, 0.2) is 0 Å². The first-order valence-electron chi connectivity index (χ1n) is 7.07. The SMILES string of the molecule is CC(C)C(C(=O)NCC(C1CC1)C1CC1)C(N)=S. The highest BCUT2D eigenvalue weighted by atomic mass is 32.1. The lowest BCUT2D eigenvalue weighted by molar-refractivity contribution is -0.124. The molecule has 0 aromatic heterocycles. The summed E-state index contributed by atoms with van der Waals surface area (Å²) in [5.41, 5.74) is 5.66. The molecule has 0 saturated heterocycles. The Morgan fingerprint density at radius 3 is 2.11 bits per heavy atom. The zero-order valence-corrected chi connectivity index (χ0v) is 12.1. The Balaban J connectivity index is 1.83. The van der Waals surface area contributed by atoms with Crippen LogP contribution in [-0.2, 0) is 4.79 Å². The summed E-state index contributed by atoms with van der Waals surface area (Å²) in [6.07, 6.45) is 5.39. The number of rotatable bonds is 7. The molecule has 1 amide bonds. The molecule has 2 rings (SSSR count). The van der Waals surface area contributed by atoms with Gasteiger partial charge in [-0.3, -0.25) is 4.79 Å². The van der Waals surface area contributed by atoms with Crippen LogP contribution < -0.4 is 11.1 Å². The molecule has 2 aliphatic carbocycles. The number of carbonyl (C=O) groups is 1. The van der Waals surface area contributed by atoms with Gasteiger partial charge in [-0.2, -0.15) is 0 Å². The van der Waals surface area contributed by atoms with Crippen LogP contribution in [0.25, 0.3) is 0 Å². The number of amides is 1. The number of hydrogen-bond acceptors (Lipinski definition) is 2. The zero-order valence-electron chi connectivity index (χ0n) is 11.3. The maximum Gasteiger partial charge on any atom is 0.230 e. The van der Waals surface area contributed by atoms with Gasteiger partial charge < -0.3 is 11.1 Å². The number of thiocarbonyl (C=S) groups is 1. The van der Waals surface area contributed by atoms with Crippen molar-refractivity contribution in [2.45, 2.75) is 39.5 Å². The average Bonchev–Trinajstić information content (AvgIpc) is 3.12. The highest BCUT2D eigenvalue weighted by Crippen LogP contribution is 2.48. The van der Waals surface area contributed by atoms with E-state index in [-0.39, 0.29) is 17.7 Å². The van der Waals surface area contributed by atoms with E-state index in [9.17, 15) is 4.79 Å². The van der Waals surface area contributed by atoms with Crippen molar-refractivity contribution in [3.63, 3.8) is 0 Å². The molecular weight excluding hydrogens is 244 g/mol. The van der Waals surface area contributed by atoms with E-state index in [0.717, 1.165) is 18.4 Å². The third-order valence-electron chi connectivity index (χ3n) is 4.22. The van der Waals surface area contributed by atoms with Gasteiger partial charge in [0.05, 0.1) is 10.9 Å². The Hall–Kier alpha value is -0.640. The van der Waals surface area contributed by atoms with E-state index in [1.54, 1.807) is 0 Å². The molecule has 1 atom stereocenters. The maximum atomic E-state index is 12.1. The summed E-state index contributed by atoms with van der Waals surface area (Å²) in [4.78, 5) is 12.5. The summed E-state index contributed by atoms with van der Waals surface area (Å²) in [6.45, 7) is 4.80. The molecule has 0 bridgehead atoms. The Morgan fingerprint density at radius 1 is 1.28 bits per heavy atom. The van der Waals surface area contributed by atoms with Gasteiger partial charge in [-0.25, -0.2) is 0 Å². The topological polar surface area (TPSA) is 55.1 Å². The summed E-state index contributed by atoms with van der Waals surface area (Å²) in [7, 11) is 0. The monoisotopic (exact) mass is 268 g/mol. The Labute approximate surface area is 115 Å². The maximum absolute atomic E-state index is 12.1. The van der Waals surface area contributed by atoms with Crippen molar-refractivity contribution in [2.24, 2.45) is 35.3 Å². The van der Waals surface area contributed by atoms with Crippen molar-refractivity contribution in [2.75, 3.05) is 6.54 Å². The fourth-order valence-corrected chi connectivity index (χ4v) is 3.24. The van der Waals surface area contributed by atoms with Crippen LogP contribution >= 0.6 is 12.2 Å². The van der Waals surface area contributed by atoms with Crippen LogP contribution in [0.2, 0.25) is 0 Å². The lowest BCUT2D eigenvalue weighted by Gasteiger charge is -2.22. The number of nitrogens with one attached hydrogen (secondary N) is 1. The zero-order chi connectivity index (χ0) is 13.3. The average molecular weight is 268 g/mol. The number of hydrogen-bond donors (Lipinski definition) is 2. The molecule has 18 heavy (non-hydrogen) atoms. The molecule has 3 nitrogen and oxygen atoms in total. The van der Waals surface area contributed by atoms with Gasteiger partial charge in [-0.15, -0.1) is 0 Å². The second-order valence-electron chi connectivity index (χ2n) is 6.21. The smallest absolute Gasteiger partial charge is 0.230 e. The van der Waals surface area contributed by atoms with Crippen LogP contribution in [-0.4, -0.2) is 17.4 Å². The first kappa shape index (κ1) is 13.8. The Bertz CT molecular complexity index is 323. The summed E-state index contributed by atoms with van der Waals surface area (Å²) < 4.78 is 0. The molecule has 102 valence electrons. The van der Waals surface area contributed by atoms with Crippen LogP contribution in [0.5, 0.6) is 0 Å². The van der Waals surface area contributed by atoms with Crippen molar-refractivity contribution >= 4 is 23.1 Å². The standard InChI is InChI=1S/C14H24N2OS/c1-8(2)12(13(15)18)14(17)16-7-11(9-3-4-9)10-5-6-10/h8-12H,3-7H2,1-2H3,(H2,15,18)(H,16,17). The normalized spacial score (nSPS) is 21.1. The number of carbonyl (C=O) groups excluding carboxylic acids is 1. The molecule has 2 aliphatic rings. The third kappa shape index (κ3) is 3.44. The summed E-state index contributed by atoms with van der Waals surface area (Å²) in [6, 6.07) is 0. The van der Waals surface area contributed by atoms with Gasteiger partial charge in [-0.05, 0) is 49.4 Å². The van der Waals surface area contributed by atoms with Crippen molar-refractivity contribution < 1.29 is 4.79 Å². The van der Waals surface area contributed by atoms with Gasteiger partial charge in [0.15, 0.2) is 0 Å². The molecular formula is C14H24N2OS. The Morgan fingerprint density at radius 2 is 1.78 bits per heavy atom. The largest absolute Gasteiger partial charge is 0.393 e. The van der Waals surface area contributed by atoms with Crippen LogP contribution in [0.3, 0.4) is 0 Å². The third-order valence-corrected chi connectivity index (χ3v) is 4.48. The molecule has 0 spiro atoms. The van der Waals surface area contributed by atoms with Crippen molar-refractivity contribution in [1.29, 1.82) is 0 Å². The molecule has 2 saturated carbocycles. The summed E-state index contributed by atoms with van der Waals surface area (Å²) in [5, 5.41) is 3.08. The summed E-state index contributed by atoms with van der Waals surface area (Å²) in [5.74, 6) is 2.29. The first-order chi connectivity index (χ1) is 8.50. The predicted molar refractivity (Wildman–Crippen MR) is 77.1 cm³/mol. The molecule has 2 fully saturated rings. The van der Waals surface area contributed by atoms with Gasteiger partial charge in [0.2, 0.25) is 5.91 Å². The van der Waals surface area contributed by atoms with Gasteiger partial charge in [0.25, 0.3) is 0 Å². The Kier molecular flexibility index (Phi) is 4.25. The van der Waals surface area contributed by atoms with Gasteiger partial charge in [0, 0.05) is 6.54 Å². The minimum absolute atomic E-state index is 0.0174. The molecule has 4 heteroatoms. The lowest BCUT2D eigenvalue weighted by atomic mass is 9.93. The van der Waals surface area contributed by atoms with Crippen LogP contribution in [0.1, 0.15) is 39.5 Å². The van der Waals surface area contributed by atoms with Gasteiger partial charge in [-0.1, -0.05) is 26.1 Å². The van der Waals surface area contributed by atoms with E-state index in [1.807, 2.05) is 13.8 Å². The van der Waals surface area contributed by atoms with Crippen molar-refractivity contribution in [1.82, 2.24) is 5.32 Å². The molecule has 0 heterocycles. The predicted octanol–water partition coefficient (Wildman–Crippen LogP) is 2.10. The first-order valence-corrected chi connectivity index (χ1v) is 7.48. The van der Waals surface area contributed by atoms with E-state index in [4.69, 9.17) is 18.0 Å². The highest BCUT2D eigenvalue weighted by Gasteiger charge is 2.41.